The number of piperidine rings is 1. The van der Waals surface area contributed by atoms with E-state index in [9.17, 15) is 9.59 Å². The standard InChI is InChI=1S/C14H25N3O3/c1-20-10-13(18)17-8-6-12(7-9-17)16-14(19)15-11-4-2-3-5-11/h11-12H,2-10H2,1H3,(H2,15,16,19). The fraction of sp³-hybridized carbons (Fsp3) is 0.857. The summed E-state index contributed by atoms with van der Waals surface area (Å²) in [6, 6.07) is 0.458. The first kappa shape index (κ1) is 15.1. The average Bonchev–Trinajstić information content (AvgIpc) is 2.92. The highest BCUT2D eigenvalue weighted by Gasteiger charge is 2.24. The van der Waals surface area contributed by atoms with E-state index >= 15 is 0 Å². The summed E-state index contributed by atoms with van der Waals surface area (Å²) in [5, 5.41) is 6.05. The zero-order valence-corrected chi connectivity index (χ0v) is 12.2. The lowest BCUT2D eigenvalue weighted by atomic mass is 10.1. The minimum absolute atomic E-state index is 0.0290. The van der Waals surface area contributed by atoms with E-state index in [4.69, 9.17) is 4.74 Å². The molecule has 20 heavy (non-hydrogen) atoms. The van der Waals surface area contributed by atoms with E-state index in [-0.39, 0.29) is 24.6 Å². The number of likely N-dealkylation sites (tertiary alicyclic amines) is 1. The van der Waals surface area contributed by atoms with Crippen LogP contribution < -0.4 is 10.6 Å². The Labute approximate surface area is 120 Å². The van der Waals surface area contributed by atoms with Gasteiger partial charge in [0.2, 0.25) is 5.91 Å². The molecule has 0 spiro atoms. The summed E-state index contributed by atoms with van der Waals surface area (Å²) < 4.78 is 4.85. The largest absolute Gasteiger partial charge is 0.375 e. The molecule has 0 aromatic rings. The predicted octanol–water partition coefficient (Wildman–Crippen LogP) is 0.866. The lowest BCUT2D eigenvalue weighted by Gasteiger charge is -2.32. The number of methoxy groups -OCH3 is 1. The maximum Gasteiger partial charge on any atom is 0.315 e. The van der Waals surface area contributed by atoms with E-state index in [2.05, 4.69) is 10.6 Å². The minimum atomic E-state index is -0.0569. The van der Waals surface area contributed by atoms with Crippen molar-refractivity contribution in [3.63, 3.8) is 0 Å². The van der Waals surface area contributed by atoms with Gasteiger partial charge in [0.1, 0.15) is 6.61 Å². The molecular weight excluding hydrogens is 258 g/mol. The zero-order valence-electron chi connectivity index (χ0n) is 12.2. The van der Waals surface area contributed by atoms with Gasteiger partial charge in [-0.05, 0) is 25.7 Å². The first-order valence-electron chi connectivity index (χ1n) is 7.53. The van der Waals surface area contributed by atoms with Crippen molar-refractivity contribution >= 4 is 11.9 Å². The van der Waals surface area contributed by atoms with Gasteiger partial charge < -0.3 is 20.3 Å². The normalized spacial score (nSPS) is 20.9. The number of nitrogens with zero attached hydrogens (tertiary/aromatic N) is 1. The molecule has 0 bridgehead atoms. The van der Waals surface area contributed by atoms with Crippen molar-refractivity contribution in [3.8, 4) is 0 Å². The van der Waals surface area contributed by atoms with E-state index in [1.165, 1.54) is 20.0 Å². The van der Waals surface area contributed by atoms with Gasteiger partial charge in [-0.25, -0.2) is 4.79 Å². The highest BCUT2D eigenvalue weighted by atomic mass is 16.5. The lowest BCUT2D eigenvalue weighted by Crippen LogP contribution is -2.51. The number of rotatable bonds is 4. The second kappa shape index (κ2) is 7.47. The Morgan fingerprint density at radius 3 is 2.15 bits per heavy atom. The molecule has 0 aromatic heterocycles. The molecule has 3 amide bonds. The molecule has 0 radical (unpaired) electrons. The molecule has 2 aliphatic rings. The van der Waals surface area contributed by atoms with Crippen LogP contribution in [0.3, 0.4) is 0 Å². The molecule has 0 atom stereocenters. The van der Waals surface area contributed by atoms with Crippen LogP contribution in [-0.2, 0) is 9.53 Å². The minimum Gasteiger partial charge on any atom is -0.375 e. The molecule has 6 nitrogen and oxygen atoms in total. The third kappa shape index (κ3) is 4.37. The molecule has 0 aromatic carbocycles. The topological polar surface area (TPSA) is 70.7 Å². The number of hydrogen-bond donors (Lipinski definition) is 2. The van der Waals surface area contributed by atoms with Crippen LogP contribution in [0.25, 0.3) is 0 Å². The number of carbonyl (C=O) groups excluding carboxylic acids is 2. The maximum atomic E-state index is 11.9. The molecule has 2 N–H and O–H groups in total. The number of nitrogens with one attached hydrogen (secondary N) is 2. The van der Waals surface area contributed by atoms with Crippen molar-refractivity contribution in [3.05, 3.63) is 0 Å². The van der Waals surface area contributed by atoms with Gasteiger partial charge in [-0.15, -0.1) is 0 Å². The van der Waals surface area contributed by atoms with E-state index < -0.39 is 0 Å². The molecule has 1 aliphatic carbocycles. The Morgan fingerprint density at radius 1 is 1.05 bits per heavy atom. The first-order chi connectivity index (χ1) is 9.69. The SMILES string of the molecule is COCC(=O)N1CCC(NC(=O)NC2CCCC2)CC1. The van der Waals surface area contributed by atoms with Crippen LogP contribution in [0, 0.1) is 0 Å². The summed E-state index contributed by atoms with van der Waals surface area (Å²) in [5.74, 6) is 0.0290. The molecule has 114 valence electrons. The Kier molecular flexibility index (Phi) is 5.64. The van der Waals surface area contributed by atoms with Gasteiger partial charge in [0.15, 0.2) is 0 Å². The van der Waals surface area contributed by atoms with Crippen molar-refractivity contribution in [2.45, 2.75) is 50.6 Å². The monoisotopic (exact) mass is 283 g/mol. The van der Waals surface area contributed by atoms with Gasteiger partial charge in [-0.1, -0.05) is 12.8 Å². The molecule has 1 saturated carbocycles. The van der Waals surface area contributed by atoms with Crippen molar-refractivity contribution in [2.75, 3.05) is 26.8 Å². The van der Waals surface area contributed by atoms with E-state index in [0.717, 1.165) is 25.7 Å². The van der Waals surface area contributed by atoms with Crippen LogP contribution in [0.2, 0.25) is 0 Å². The van der Waals surface area contributed by atoms with Gasteiger partial charge in [0.25, 0.3) is 0 Å². The van der Waals surface area contributed by atoms with E-state index in [1.807, 2.05) is 0 Å². The van der Waals surface area contributed by atoms with Crippen LogP contribution in [-0.4, -0.2) is 55.7 Å². The highest BCUT2D eigenvalue weighted by molar-refractivity contribution is 5.77. The van der Waals surface area contributed by atoms with Crippen LogP contribution >= 0.6 is 0 Å². The van der Waals surface area contributed by atoms with Gasteiger partial charge in [0.05, 0.1) is 0 Å². The van der Waals surface area contributed by atoms with Crippen molar-refractivity contribution < 1.29 is 14.3 Å². The fourth-order valence-electron chi connectivity index (χ4n) is 2.97. The summed E-state index contributed by atoms with van der Waals surface area (Å²) in [6.45, 7) is 1.52. The first-order valence-corrected chi connectivity index (χ1v) is 7.53. The van der Waals surface area contributed by atoms with E-state index in [1.54, 1.807) is 4.90 Å². The lowest BCUT2D eigenvalue weighted by molar-refractivity contribution is -0.136. The molecule has 2 rings (SSSR count). The van der Waals surface area contributed by atoms with Crippen LogP contribution in [0.1, 0.15) is 38.5 Å². The Bertz CT molecular complexity index is 335. The third-order valence-corrected chi connectivity index (χ3v) is 4.14. The van der Waals surface area contributed by atoms with Crippen LogP contribution in [0.5, 0.6) is 0 Å². The summed E-state index contributed by atoms with van der Waals surface area (Å²) in [7, 11) is 1.53. The smallest absolute Gasteiger partial charge is 0.315 e. The second-order valence-corrected chi connectivity index (χ2v) is 5.69. The van der Waals surface area contributed by atoms with Gasteiger partial charge in [-0.3, -0.25) is 4.79 Å². The summed E-state index contributed by atoms with van der Waals surface area (Å²) >= 11 is 0. The highest BCUT2D eigenvalue weighted by Crippen LogP contribution is 2.17. The number of amides is 3. The van der Waals surface area contributed by atoms with Crippen LogP contribution in [0.4, 0.5) is 4.79 Å². The predicted molar refractivity (Wildman–Crippen MR) is 75.4 cm³/mol. The van der Waals surface area contributed by atoms with Gasteiger partial charge in [-0.2, -0.15) is 0 Å². The summed E-state index contributed by atoms with van der Waals surface area (Å²) in [5.41, 5.74) is 0. The molecular formula is C14H25N3O3. The van der Waals surface area contributed by atoms with E-state index in [0.29, 0.717) is 19.1 Å². The van der Waals surface area contributed by atoms with Crippen LogP contribution in [0.15, 0.2) is 0 Å². The summed E-state index contributed by atoms with van der Waals surface area (Å²) in [6.07, 6.45) is 6.24. The number of carbonyl (C=O) groups is 2. The van der Waals surface area contributed by atoms with Crippen molar-refractivity contribution in [2.24, 2.45) is 0 Å². The Morgan fingerprint density at radius 2 is 1.60 bits per heavy atom. The molecule has 6 heteroatoms. The van der Waals surface area contributed by atoms with Gasteiger partial charge >= 0.3 is 6.03 Å². The molecule has 1 aliphatic heterocycles. The number of hydrogen-bond acceptors (Lipinski definition) is 3. The molecule has 2 fully saturated rings. The maximum absolute atomic E-state index is 11.9. The Hall–Kier alpha value is -1.30. The van der Waals surface area contributed by atoms with Crippen molar-refractivity contribution in [1.29, 1.82) is 0 Å². The molecule has 1 heterocycles. The fourth-order valence-corrected chi connectivity index (χ4v) is 2.97. The Balaban J connectivity index is 1.65. The van der Waals surface area contributed by atoms with Crippen molar-refractivity contribution in [1.82, 2.24) is 15.5 Å². The second-order valence-electron chi connectivity index (χ2n) is 5.69. The zero-order chi connectivity index (χ0) is 14.4. The quantitative estimate of drug-likeness (QED) is 0.804. The third-order valence-electron chi connectivity index (χ3n) is 4.14. The molecule has 0 unspecified atom stereocenters. The van der Waals surface area contributed by atoms with Gasteiger partial charge in [0, 0.05) is 32.3 Å². The summed E-state index contributed by atoms with van der Waals surface area (Å²) in [4.78, 5) is 25.3. The average molecular weight is 283 g/mol. The number of urea groups is 1. The number of ether oxygens (including phenoxy) is 1. The molecule has 1 saturated heterocycles.